The molecule has 4 heteroatoms. The van der Waals surface area contributed by atoms with E-state index in [1.807, 2.05) is 0 Å². The Morgan fingerprint density at radius 3 is 2.80 bits per heavy atom. The third kappa shape index (κ3) is 4.34. The molecule has 1 heterocycles. The van der Waals surface area contributed by atoms with Gasteiger partial charge in [0.15, 0.2) is 0 Å². The molecular weight excluding hydrogens is 210 g/mol. The van der Waals surface area contributed by atoms with Crippen molar-refractivity contribution in [1.82, 2.24) is 4.98 Å². The molecule has 0 aliphatic heterocycles. The molecule has 3 nitrogen and oxygen atoms in total. The van der Waals surface area contributed by atoms with Crippen LogP contribution in [0.2, 0.25) is 0 Å². The quantitative estimate of drug-likeness (QED) is 0.597. The average molecular weight is 225 g/mol. The SMILES string of the molecule is CCCCCSc1ccc(C(=O)O)cn1. The van der Waals surface area contributed by atoms with Gasteiger partial charge in [-0.3, -0.25) is 0 Å². The third-order valence-corrected chi connectivity index (χ3v) is 3.01. The average Bonchev–Trinajstić information content (AvgIpc) is 2.25. The van der Waals surface area contributed by atoms with Crippen LogP contribution in [0.3, 0.4) is 0 Å². The van der Waals surface area contributed by atoms with Gasteiger partial charge in [-0.05, 0) is 24.3 Å². The van der Waals surface area contributed by atoms with E-state index in [1.54, 1.807) is 23.9 Å². The Morgan fingerprint density at radius 2 is 2.27 bits per heavy atom. The standard InChI is InChI=1S/C11H15NO2S/c1-2-3-4-7-15-10-6-5-9(8-12-10)11(13)14/h5-6,8H,2-4,7H2,1H3,(H,13,14). The van der Waals surface area contributed by atoms with Crippen LogP contribution in [0.4, 0.5) is 0 Å². The van der Waals surface area contributed by atoms with Gasteiger partial charge in [0.2, 0.25) is 0 Å². The lowest BCUT2D eigenvalue weighted by Gasteiger charge is -2.00. The molecule has 0 aliphatic rings. The Kier molecular flexibility index (Phi) is 5.18. The first-order chi connectivity index (χ1) is 7.24. The smallest absolute Gasteiger partial charge is 0.337 e. The van der Waals surface area contributed by atoms with Crippen molar-refractivity contribution in [3.63, 3.8) is 0 Å². The highest BCUT2D eigenvalue weighted by molar-refractivity contribution is 7.99. The second kappa shape index (κ2) is 6.45. The minimum absolute atomic E-state index is 0.243. The van der Waals surface area contributed by atoms with Gasteiger partial charge in [0.05, 0.1) is 10.6 Å². The molecule has 0 unspecified atom stereocenters. The van der Waals surface area contributed by atoms with E-state index in [-0.39, 0.29) is 5.56 Å². The fourth-order valence-corrected chi connectivity index (χ4v) is 1.97. The molecule has 0 atom stereocenters. The number of unbranched alkanes of at least 4 members (excludes halogenated alkanes) is 2. The van der Waals surface area contributed by atoms with Crippen molar-refractivity contribution >= 4 is 17.7 Å². The number of thioether (sulfide) groups is 1. The van der Waals surface area contributed by atoms with Gasteiger partial charge in [0.25, 0.3) is 0 Å². The Hall–Kier alpha value is -1.03. The van der Waals surface area contributed by atoms with E-state index in [4.69, 9.17) is 5.11 Å². The summed E-state index contributed by atoms with van der Waals surface area (Å²) in [6, 6.07) is 3.36. The van der Waals surface area contributed by atoms with Crippen molar-refractivity contribution in [2.75, 3.05) is 5.75 Å². The molecule has 15 heavy (non-hydrogen) atoms. The summed E-state index contributed by atoms with van der Waals surface area (Å²) in [6.45, 7) is 2.17. The summed E-state index contributed by atoms with van der Waals surface area (Å²) in [5, 5.41) is 9.57. The molecule has 0 fully saturated rings. The molecule has 1 aromatic rings. The maximum absolute atomic E-state index is 10.6. The second-order valence-corrected chi connectivity index (χ2v) is 4.36. The molecular formula is C11H15NO2S. The van der Waals surface area contributed by atoms with Gasteiger partial charge in [-0.25, -0.2) is 9.78 Å². The maximum atomic E-state index is 10.6. The zero-order valence-electron chi connectivity index (χ0n) is 8.77. The fourth-order valence-electron chi connectivity index (χ4n) is 1.12. The molecule has 82 valence electrons. The van der Waals surface area contributed by atoms with Crippen LogP contribution in [0.15, 0.2) is 23.4 Å². The maximum Gasteiger partial charge on any atom is 0.337 e. The summed E-state index contributed by atoms with van der Waals surface area (Å²) in [6.07, 6.45) is 5.04. The molecule has 0 saturated carbocycles. The van der Waals surface area contributed by atoms with E-state index in [0.717, 1.165) is 10.8 Å². The summed E-state index contributed by atoms with van der Waals surface area (Å²) in [4.78, 5) is 14.6. The van der Waals surface area contributed by atoms with Crippen LogP contribution in [-0.4, -0.2) is 21.8 Å². The lowest BCUT2D eigenvalue weighted by molar-refractivity contribution is 0.0696. The van der Waals surface area contributed by atoms with Crippen molar-refractivity contribution in [2.24, 2.45) is 0 Å². The number of carboxylic acids is 1. The van der Waals surface area contributed by atoms with E-state index in [9.17, 15) is 4.79 Å². The normalized spacial score (nSPS) is 10.2. The largest absolute Gasteiger partial charge is 0.478 e. The first-order valence-electron chi connectivity index (χ1n) is 5.06. The Morgan fingerprint density at radius 1 is 1.47 bits per heavy atom. The third-order valence-electron chi connectivity index (χ3n) is 1.98. The van der Waals surface area contributed by atoms with Crippen molar-refractivity contribution < 1.29 is 9.90 Å². The van der Waals surface area contributed by atoms with E-state index < -0.39 is 5.97 Å². The fraction of sp³-hybridized carbons (Fsp3) is 0.455. The molecule has 0 radical (unpaired) electrons. The molecule has 1 rings (SSSR count). The molecule has 0 spiro atoms. The minimum atomic E-state index is -0.926. The van der Waals surface area contributed by atoms with Gasteiger partial charge in [0, 0.05) is 6.20 Å². The van der Waals surface area contributed by atoms with Crippen LogP contribution in [0.5, 0.6) is 0 Å². The summed E-state index contributed by atoms with van der Waals surface area (Å²) in [5.74, 6) is 0.123. The van der Waals surface area contributed by atoms with Crippen LogP contribution in [0, 0.1) is 0 Å². The lowest BCUT2D eigenvalue weighted by atomic mass is 10.3. The first kappa shape index (κ1) is 12.0. The highest BCUT2D eigenvalue weighted by Gasteiger charge is 2.02. The number of aromatic carboxylic acids is 1. The summed E-state index contributed by atoms with van der Waals surface area (Å²) >= 11 is 1.68. The summed E-state index contributed by atoms with van der Waals surface area (Å²) in [7, 11) is 0. The van der Waals surface area contributed by atoms with Crippen LogP contribution in [-0.2, 0) is 0 Å². The van der Waals surface area contributed by atoms with Crippen molar-refractivity contribution in [3.05, 3.63) is 23.9 Å². The molecule has 1 N–H and O–H groups in total. The number of hydrogen-bond acceptors (Lipinski definition) is 3. The van der Waals surface area contributed by atoms with Crippen LogP contribution in [0.25, 0.3) is 0 Å². The van der Waals surface area contributed by atoms with Crippen molar-refractivity contribution in [1.29, 1.82) is 0 Å². The highest BCUT2D eigenvalue weighted by atomic mass is 32.2. The van der Waals surface area contributed by atoms with Gasteiger partial charge in [-0.15, -0.1) is 11.8 Å². The number of carbonyl (C=O) groups is 1. The van der Waals surface area contributed by atoms with Gasteiger partial charge < -0.3 is 5.11 Å². The first-order valence-corrected chi connectivity index (χ1v) is 6.04. The van der Waals surface area contributed by atoms with Gasteiger partial charge in [-0.1, -0.05) is 19.8 Å². The molecule has 0 amide bonds. The van der Waals surface area contributed by atoms with Gasteiger partial charge in [0.1, 0.15) is 0 Å². The molecule has 1 aromatic heterocycles. The number of rotatable bonds is 6. The monoisotopic (exact) mass is 225 g/mol. The molecule has 0 saturated heterocycles. The van der Waals surface area contributed by atoms with Gasteiger partial charge in [-0.2, -0.15) is 0 Å². The zero-order chi connectivity index (χ0) is 11.1. The van der Waals surface area contributed by atoms with Gasteiger partial charge >= 0.3 is 5.97 Å². The number of aromatic nitrogens is 1. The van der Waals surface area contributed by atoms with Crippen LogP contribution < -0.4 is 0 Å². The van der Waals surface area contributed by atoms with Crippen molar-refractivity contribution in [3.8, 4) is 0 Å². The van der Waals surface area contributed by atoms with Crippen LogP contribution in [0.1, 0.15) is 36.5 Å². The van der Waals surface area contributed by atoms with E-state index in [1.165, 1.54) is 25.5 Å². The van der Waals surface area contributed by atoms with Crippen molar-refractivity contribution in [2.45, 2.75) is 31.2 Å². The number of hydrogen-bond donors (Lipinski definition) is 1. The predicted molar refractivity (Wildman–Crippen MR) is 61.4 cm³/mol. The summed E-state index contributed by atoms with van der Waals surface area (Å²) < 4.78 is 0. The van der Waals surface area contributed by atoms with Crippen LogP contribution >= 0.6 is 11.8 Å². The molecule has 0 bridgehead atoms. The Balaban J connectivity index is 2.39. The number of nitrogens with zero attached hydrogens (tertiary/aromatic N) is 1. The zero-order valence-corrected chi connectivity index (χ0v) is 9.59. The second-order valence-electron chi connectivity index (χ2n) is 3.25. The Labute approximate surface area is 93.9 Å². The van der Waals surface area contributed by atoms with E-state index in [0.29, 0.717) is 0 Å². The topological polar surface area (TPSA) is 50.2 Å². The molecule has 0 aliphatic carbocycles. The number of pyridine rings is 1. The summed E-state index contributed by atoms with van der Waals surface area (Å²) in [5.41, 5.74) is 0.243. The lowest BCUT2D eigenvalue weighted by Crippen LogP contribution is -1.96. The van der Waals surface area contributed by atoms with E-state index >= 15 is 0 Å². The Bertz CT molecular complexity index is 311. The number of carboxylic acid groups (broad SMARTS) is 1. The highest BCUT2D eigenvalue weighted by Crippen LogP contribution is 2.17. The molecule has 0 aromatic carbocycles. The predicted octanol–water partition coefficient (Wildman–Crippen LogP) is 3.06. The minimum Gasteiger partial charge on any atom is -0.478 e. The van der Waals surface area contributed by atoms with E-state index in [2.05, 4.69) is 11.9 Å².